The van der Waals surface area contributed by atoms with Gasteiger partial charge in [-0.15, -0.1) is 0 Å². The zero-order valence-corrected chi connectivity index (χ0v) is 23.0. The number of alkyl carbamates (subject to hydrolysis) is 2. The molecule has 2 aromatic carbocycles. The average molecular weight is 517 g/mol. The maximum absolute atomic E-state index is 13.3. The SMILES string of the molecule is CC(C)(C)OC(=O)NC(Cc1ccccc1)C[S+]([O-])CC(Cc1ccccc1)NC(=O)OC(C)(C)C. The molecule has 36 heavy (non-hydrogen) atoms. The molecule has 2 atom stereocenters. The van der Waals surface area contributed by atoms with E-state index in [2.05, 4.69) is 10.6 Å². The second-order valence-corrected chi connectivity index (χ2v) is 12.4. The van der Waals surface area contributed by atoms with Gasteiger partial charge in [-0.3, -0.25) is 0 Å². The fraction of sp³-hybridized carbons (Fsp3) is 0.500. The van der Waals surface area contributed by atoms with Crippen LogP contribution in [-0.2, 0) is 33.5 Å². The molecule has 0 spiro atoms. The lowest BCUT2D eigenvalue weighted by molar-refractivity contribution is 0.0498. The Bertz CT molecular complexity index is 864. The van der Waals surface area contributed by atoms with Crippen molar-refractivity contribution in [2.24, 2.45) is 0 Å². The Balaban J connectivity index is 2.11. The monoisotopic (exact) mass is 516 g/mol. The summed E-state index contributed by atoms with van der Waals surface area (Å²) in [6, 6.07) is 18.6. The molecule has 2 aromatic rings. The van der Waals surface area contributed by atoms with Crippen LogP contribution in [-0.4, -0.2) is 51.5 Å². The number of hydrogen-bond donors (Lipinski definition) is 2. The molecule has 8 heteroatoms. The third-order valence-electron chi connectivity index (χ3n) is 4.87. The van der Waals surface area contributed by atoms with Crippen LogP contribution in [0.4, 0.5) is 9.59 Å². The summed E-state index contributed by atoms with van der Waals surface area (Å²) in [6.45, 7) is 10.8. The van der Waals surface area contributed by atoms with E-state index < -0.39 is 46.6 Å². The van der Waals surface area contributed by atoms with Crippen molar-refractivity contribution >= 4 is 23.4 Å². The number of carbonyl (C=O) groups is 2. The van der Waals surface area contributed by atoms with Crippen molar-refractivity contribution in [3.63, 3.8) is 0 Å². The summed E-state index contributed by atoms with van der Waals surface area (Å²) in [5, 5.41) is 5.76. The van der Waals surface area contributed by atoms with Crippen molar-refractivity contribution in [3.05, 3.63) is 71.8 Å². The molecular weight excluding hydrogens is 476 g/mol. The molecule has 0 fully saturated rings. The van der Waals surface area contributed by atoms with Crippen molar-refractivity contribution < 1.29 is 23.6 Å². The van der Waals surface area contributed by atoms with E-state index in [1.807, 2.05) is 60.7 Å². The van der Waals surface area contributed by atoms with Crippen molar-refractivity contribution in [3.8, 4) is 0 Å². The van der Waals surface area contributed by atoms with Crippen molar-refractivity contribution in [2.75, 3.05) is 11.5 Å². The first kappa shape index (κ1) is 29.5. The van der Waals surface area contributed by atoms with Gasteiger partial charge in [0.05, 0.1) is 12.1 Å². The second-order valence-electron chi connectivity index (χ2n) is 10.8. The quantitative estimate of drug-likeness (QED) is 0.433. The van der Waals surface area contributed by atoms with E-state index in [1.165, 1.54) is 0 Å². The summed E-state index contributed by atoms with van der Waals surface area (Å²) in [7, 11) is 0. The van der Waals surface area contributed by atoms with E-state index in [-0.39, 0.29) is 11.5 Å². The molecule has 2 amide bonds. The van der Waals surface area contributed by atoms with Crippen LogP contribution < -0.4 is 10.6 Å². The Labute approximate surface area is 218 Å². The number of hydrogen-bond acceptors (Lipinski definition) is 5. The smallest absolute Gasteiger partial charge is 0.408 e. The third-order valence-corrected chi connectivity index (χ3v) is 6.41. The van der Waals surface area contributed by atoms with Gasteiger partial charge in [-0.05, 0) is 76.7 Å². The summed E-state index contributed by atoms with van der Waals surface area (Å²) >= 11 is -1.35. The number of carbonyl (C=O) groups excluding carboxylic acids is 2. The van der Waals surface area contributed by atoms with Crippen LogP contribution in [0.25, 0.3) is 0 Å². The van der Waals surface area contributed by atoms with Gasteiger partial charge in [0.2, 0.25) is 0 Å². The van der Waals surface area contributed by atoms with Gasteiger partial charge in [-0.2, -0.15) is 0 Å². The van der Waals surface area contributed by atoms with Gasteiger partial charge < -0.3 is 24.7 Å². The Morgan fingerprint density at radius 3 is 1.36 bits per heavy atom. The minimum Gasteiger partial charge on any atom is -0.616 e. The second kappa shape index (κ2) is 13.6. The molecule has 0 radical (unpaired) electrons. The highest BCUT2D eigenvalue weighted by Gasteiger charge is 2.27. The first-order valence-electron chi connectivity index (χ1n) is 12.2. The van der Waals surface area contributed by atoms with E-state index in [4.69, 9.17) is 9.47 Å². The van der Waals surface area contributed by atoms with Gasteiger partial charge in [0, 0.05) is 0 Å². The summed E-state index contributed by atoms with van der Waals surface area (Å²) < 4.78 is 24.2. The maximum atomic E-state index is 13.3. The zero-order chi connectivity index (χ0) is 26.8. The van der Waals surface area contributed by atoms with Crippen molar-refractivity contribution in [1.29, 1.82) is 0 Å². The molecule has 0 aliphatic heterocycles. The fourth-order valence-electron chi connectivity index (χ4n) is 3.57. The molecular formula is C28H40N2O5S. The highest BCUT2D eigenvalue weighted by Crippen LogP contribution is 2.13. The number of ether oxygens (including phenoxy) is 2. The molecule has 198 valence electrons. The number of benzene rings is 2. The fourth-order valence-corrected chi connectivity index (χ4v) is 5.00. The summed E-state index contributed by atoms with van der Waals surface area (Å²) in [6.07, 6.45) is -0.0788. The summed E-state index contributed by atoms with van der Waals surface area (Å²) in [4.78, 5) is 25.0. The third kappa shape index (κ3) is 12.8. The topological polar surface area (TPSA) is 99.7 Å². The van der Waals surface area contributed by atoms with Crippen LogP contribution in [0.15, 0.2) is 60.7 Å². The van der Waals surface area contributed by atoms with E-state index >= 15 is 0 Å². The van der Waals surface area contributed by atoms with Gasteiger partial charge in [-0.1, -0.05) is 60.7 Å². The van der Waals surface area contributed by atoms with E-state index in [0.29, 0.717) is 12.8 Å². The molecule has 0 saturated heterocycles. The van der Waals surface area contributed by atoms with Crippen LogP contribution in [0.3, 0.4) is 0 Å². The van der Waals surface area contributed by atoms with Crippen LogP contribution in [0, 0.1) is 0 Å². The van der Waals surface area contributed by atoms with Gasteiger partial charge in [0.25, 0.3) is 0 Å². The molecule has 0 saturated carbocycles. The maximum Gasteiger partial charge on any atom is 0.408 e. The Hall–Kier alpha value is -2.71. The zero-order valence-electron chi connectivity index (χ0n) is 22.2. The number of nitrogens with one attached hydrogen (secondary N) is 2. The number of rotatable bonds is 10. The van der Waals surface area contributed by atoms with Crippen LogP contribution >= 0.6 is 0 Å². The van der Waals surface area contributed by atoms with Gasteiger partial charge in [0.1, 0.15) is 22.7 Å². The molecule has 0 heterocycles. The summed E-state index contributed by atoms with van der Waals surface area (Å²) in [5.41, 5.74) is 0.753. The molecule has 0 bridgehead atoms. The van der Waals surface area contributed by atoms with Crippen LogP contribution in [0.5, 0.6) is 0 Å². The van der Waals surface area contributed by atoms with Crippen LogP contribution in [0.1, 0.15) is 52.7 Å². The standard InChI is InChI=1S/C28H40N2O5S/c1-27(2,3)34-25(31)29-23(17-21-13-9-7-10-14-21)19-36(33)20-24(18-22-15-11-8-12-16-22)30-26(32)35-28(4,5)6/h7-16,23-24H,17-20H2,1-6H3,(H,29,31)(H,30,32). The average Bonchev–Trinajstić information content (AvgIpc) is 2.72. The lowest BCUT2D eigenvalue weighted by Gasteiger charge is -2.27. The minimum absolute atomic E-state index is 0.218. The molecule has 2 N–H and O–H groups in total. The first-order valence-corrected chi connectivity index (χ1v) is 13.7. The lowest BCUT2D eigenvalue weighted by atomic mass is 10.1. The Morgan fingerprint density at radius 2 is 1.06 bits per heavy atom. The molecule has 0 aromatic heterocycles. The summed E-state index contributed by atoms with van der Waals surface area (Å²) in [5.74, 6) is 0.435. The Morgan fingerprint density at radius 1 is 0.722 bits per heavy atom. The van der Waals surface area contributed by atoms with Gasteiger partial charge >= 0.3 is 12.2 Å². The molecule has 2 unspecified atom stereocenters. The van der Waals surface area contributed by atoms with Crippen molar-refractivity contribution in [2.45, 2.75) is 77.7 Å². The van der Waals surface area contributed by atoms with Crippen molar-refractivity contribution in [1.82, 2.24) is 10.6 Å². The number of amides is 2. The molecule has 0 aliphatic rings. The predicted octanol–water partition coefficient (Wildman–Crippen LogP) is 5.01. The molecule has 0 aliphatic carbocycles. The lowest BCUT2D eigenvalue weighted by Crippen LogP contribution is -2.47. The largest absolute Gasteiger partial charge is 0.616 e. The highest BCUT2D eigenvalue weighted by atomic mass is 32.2. The van der Waals surface area contributed by atoms with E-state index in [9.17, 15) is 14.1 Å². The minimum atomic E-state index is -1.35. The predicted molar refractivity (Wildman–Crippen MR) is 144 cm³/mol. The van der Waals surface area contributed by atoms with Gasteiger partial charge in [0.15, 0.2) is 0 Å². The van der Waals surface area contributed by atoms with E-state index in [1.54, 1.807) is 41.5 Å². The molecule has 7 nitrogen and oxygen atoms in total. The van der Waals surface area contributed by atoms with Crippen LogP contribution in [0.2, 0.25) is 0 Å². The van der Waals surface area contributed by atoms with E-state index in [0.717, 1.165) is 11.1 Å². The first-order chi connectivity index (χ1) is 16.8. The molecule has 2 rings (SSSR count). The highest BCUT2D eigenvalue weighted by molar-refractivity contribution is 7.91. The Kier molecular flexibility index (Phi) is 11.1. The van der Waals surface area contributed by atoms with Gasteiger partial charge in [-0.25, -0.2) is 9.59 Å². The normalized spacial score (nSPS) is 14.3.